The van der Waals surface area contributed by atoms with Crippen molar-refractivity contribution in [3.63, 3.8) is 0 Å². The molecule has 5 rings (SSSR count). The number of ether oxygens (including phenoxy) is 1. The highest BCUT2D eigenvalue weighted by molar-refractivity contribution is 5.79. The average molecular weight is 430 g/mol. The standard InChI is InChI=1S/C29H35NO2/c1-20-13-14-26(29(2,3)23-10-5-4-6-11-23)27(17-20)32-28(31)30-16-15-25-22(19-30)18-21-9-7-8-12-24(21)25/h4-12,20,26-27H,13-19H2,1-3H3. The molecule has 1 amide bonds. The molecule has 3 nitrogen and oxygen atoms in total. The fourth-order valence-electron chi connectivity index (χ4n) is 6.24. The molecule has 3 unspecified atom stereocenters. The molecular weight excluding hydrogens is 394 g/mol. The van der Waals surface area contributed by atoms with Crippen LogP contribution in [0.5, 0.6) is 0 Å². The molecular formula is C29H35NO2. The van der Waals surface area contributed by atoms with Crippen molar-refractivity contribution in [3.05, 3.63) is 76.9 Å². The second-order valence-corrected chi connectivity index (χ2v) is 10.6. The molecule has 0 spiro atoms. The lowest BCUT2D eigenvalue weighted by Crippen LogP contribution is -2.46. The number of benzene rings is 2. The van der Waals surface area contributed by atoms with Crippen molar-refractivity contribution in [1.29, 1.82) is 0 Å². The van der Waals surface area contributed by atoms with Gasteiger partial charge in [-0.3, -0.25) is 0 Å². The Morgan fingerprint density at radius 2 is 1.78 bits per heavy atom. The fourth-order valence-corrected chi connectivity index (χ4v) is 6.24. The molecule has 2 aliphatic carbocycles. The zero-order valence-corrected chi connectivity index (χ0v) is 19.6. The molecule has 0 radical (unpaired) electrons. The minimum Gasteiger partial charge on any atom is -0.446 e. The van der Waals surface area contributed by atoms with E-state index in [-0.39, 0.29) is 17.6 Å². The van der Waals surface area contributed by atoms with E-state index in [1.165, 1.54) is 34.3 Å². The second-order valence-electron chi connectivity index (χ2n) is 10.6. The molecule has 1 aliphatic heterocycles. The van der Waals surface area contributed by atoms with Crippen molar-refractivity contribution < 1.29 is 9.53 Å². The summed E-state index contributed by atoms with van der Waals surface area (Å²) in [5, 5.41) is 0. The summed E-state index contributed by atoms with van der Waals surface area (Å²) in [5.74, 6) is 0.927. The van der Waals surface area contributed by atoms with Gasteiger partial charge in [0.2, 0.25) is 0 Å². The van der Waals surface area contributed by atoms with E-state index in [1.807, 2.05) is 4.90 Å². The van der Waals surface area contributed by atoms with Gasteiger partial charge in [-0.1, -0.05) is 81.8 Å². The van der Waals surface area contributed by atoms with Gasteiger partial charge in [-0.2, -0.15) is 0 Å². The summed E-state index contributed by atoms with van der Waals surface area (Å²) >= 11 is 0. The van der Waals surface area contributed by atoms with Crippen molar-refractivity contribution in [2.24, 2.45) is 11.8 Å². The minimum atomic E-state index is -0.125. The Balaban J connectivity index is 1.31. The van der Waals surface area contributed by atoms with Gasteiger partial charge in [0, 0.05) is 19.0 Å². The molecule has 168 valence electrons. The van der Waals surface area contributed by atoms with Gasteiger partial charge in [-0.05, 0) is 64.9 Å². The van der Waals surface area contributed by atoms with Crippen molar-refractivity contribution in [2.75, 3.05) is 13.1 Å². The summed E-state index contributed by atoms with van der Waals surface area (Å²) < 4.78 is 6.31. The number of amides is 1. The first-order valence-electron chi connectivity index (χ1n) is 12.2. The monoisotopic (exact) mass is 429 g/mol. The highest BCUT2D eigenvalue weighted by Crippen LogP contribution is 2.44. The number of carbonyl (C=O) groups is 1. The van der Waals surface area contributed by atoms with E-state index in [2.05, 4.69) is 75.4 Å². The summed E-state index contributed by atoms with van der Waals surface area (Å²) in [6.07, 6.45) is 5.01. The summed E-state index contributed by atoms with van der Waals surface area (Å²) in [7, 11) is 0. The third-order valence-electron chi connectivity index (χ3n) is 8.20. The van der Waals surface area contributed by atoms with E-state index in [0.717, 1.165) is 32.2 Å². The van der Waals surface area contributed by atoms with E-state index in [1.54, 1.807) is 0 Å². The van der Waals surface area contributed by atoms with Gasteiger partial charge in [0.15, 0.2) is 0 Å². The third kappa shape index (κ3) is 3.87. The lowest BCUT2D eigenvalue weighted by molar-refractivity contribution is -0.0173. The van der Waals surface area contributed by atoms with Crippen LogP contribution >= 0.6 is 0 Å². The van der Waals surface area contributed by atoms with Crippen LogP contribution in [0.1, 0.15) is 63.1 Å². The van der Waals surface area contributed by atoms with Crippen molar-refractivity contribution in [3.8, 4) is 0 Å². The Labute approximate surface area is 192 Å². The van der Waals surface area contributed by atoms with Crippen molar-refractivity contribution in [1.82, 2.24) is 4.90 Å². The van der Waals surface area contributed by atoms with Crippen LogP contribution in [0.2, 0.25) is 0 Å². The topological polar surface area (TPSA) is 29.5 Å². The number of hydrogen-bond acceptors (Lipinski definition) is 2. The number of nitrogens with zero attached hydrogens (tertiary/aromatic N) is 1. The SMILES string of the molecule is CC1CCC(C(C)(C)c2ccccc2)C(OC(=O)N2CCC3=C(Cc4ccccc43)C2)C1. The van der Waals surface area contributed by atoms with Gasteiger partial charge in [-0.25, -0.2) is 4.79 Å². The largest absolute Gasteiger partial charge is 0.446 e. The maximum Gasteiger partial charge on any atom is 0.410 e. The van der Waals surface area contributed by atoms with Gasteiger partial charge >= 0.3 is 6.09 Å². The normalized spacial score (nSPS) is 25.3. The van der Waals surface area contributed by atoms with Crippen LogP contribution in [-0.2, 0) is 16.6 Å². The molecule has 0 saturated heterocycles. The fraction of sp³-hybridized carbons (Fsp3) is 0.483. The predicted octanol–water partition coefficient (Wildman–Crippen LogP) is 6.62. The quantitative estimate of drug-likeness (QED) is 0.549. The van der Waals surface area contributed by atoms with Crippen LogP contribution in [0.15, 0.2) is 60.2 Å². The second kappa shape index (κ2) is 8.42. The first-order chi connectivity index (χ1) is 15.4. The Bertz CT molecular complexity index is 1020. The summed E-state index contributed by atoms with van der Waals surface area (Å²) in [5.41, 5.74) is 6.94. The molecule has 3 heteroatoms. The Morgan fingerprint density at radius 3 is 2.59 bits per heavy atom. The molecule has 0 N–H and O–H groups in total. The first-order valence-corrected chi connectivity index (χ1v) is 12.2. The lowest BCUT2D eigenvalue weighted by atomic mass is 9.64. The van der Waals surface area contributed by atoms with Crippen LogP contribution in [-0.4, -0.2) is 30.2 Å². The summed E-state index contributed by atoms with van der Waals surface area (Å²) in [4.78, 5) is 15.3. The summed E-state index contributed by atoms with van der Waals surface area (Å²) in [6.45, 7) is 8.38. The van der Waals surface area contributed by atoms with E-state index in [9.17, 15) is 4.79 Å². The van der Waals surface area contributed by atoms with Gasteiger partial charge in [0.1, 0.15) is 6.10 Å². The van der Waals surface area contributed by atoms with Crippen molar-refractivity contribution in [2.45, 2.75) is 64.4 Å². The van der Waals surface area contributed by atoms with Crippen LogP contribution in [0.4, 0.5) is 4.79 Å². The van der Waals surface area contributed by atoms with E-state index in [0.29, 0.717) is 18.4 Å². The number of carbonyl (C=O) groups excluding carboxylic acids is 1. The molecule has 2 aromatic carbocycles. The first kappa shape index (κ1) is 21.3. The van der Waals surface area contributed by atoms with E-state index in [4.69, 9.17) is 4.74 Å². The van der Waals surface area contributed by atoms with Gasteiger partial charge in [0.05, 0.1) is 0 Å². The number of rotatable bonds is 3. The maximum atomic E-state index is 13.3. The minimum absolute atomic E-state index is 0.0300. The molecule has 0 aromatic heterocycles. The van der Waals surface area contributed by atoms with Crippen LogP contribution in [0, 0.1) is 11.8 Å². The third-order valence-corrected chi connectivity index (χ3v) is 8.20. The Morgan fingerprint density at radius 1 is 1.03 bits per heavy atom. The van der Waals surface area contributed by atoms with E-state index < -0.39 is 0 Å². The molecule has 1 fully saturated rings. The zero-order chi connectivity index (χ0) is 22.3. The van der Waals surface area contributed by atoms with Gasteiger partial charge in [-0.15, -0.1) is 0 Å². The maximum absolute atomic E-state index is 13.3. The van der Waals surface area contributed by atoms with Crippen LogP contribution in [0.3, 0.4) is 0 Å². The van der Waals surface area contributed by atoms with Crippen LogP contribution < -0.4 is 0 Å². The summed E-state index contributed by atoms with van der Waals surface area (Å²) in [6, 6.07) is 19.4. The lowest BCUT2D eigenvalue weighted by Gasteiger charge is -2.44. The van der Waals surface area contributed by atoms with Gasteiger partial charge in [0.25, 0.3) is 0 Å². The molecule has 2 aromatic rings. The molecule has 3 atom stereocenters. The molecule has 0 bridgehead atoms. The zero-order valence-electron chi connectivity index (χ0n) is 19.6. The average Bonchev–Trinajstić information content (AvgIpc) is 3.17. The molecule has 1 saturated carbocycles. The number of fused-ring (bicyclic) bond motifs is 2. The number of hydrogen-bond donors (Lipinski definition) is 0. The Hall–Kier alpha value is -2.55. The molecule has 1 heterocycles. The van der Waals surface area contributed by atoms with Gasteiger partial charge < -0.3 is 9.64 Å². The molecule has 32 heavy (non-hydrogen) atoms. The Kier molecular flexibility index (Phi) is 5.61. The molecule has 3 aliphatic rings. The van der Waals surface area contributed by atoms with Crippen molar-refractivity contribution >= 4 is 11.7 Å². The van der Waals surface area contributed by atoms with Crippen LogP contribution in [0.25, 0.3) is 5.57 Å². The smallest absolute Gasteiger partial charge is 0.410 e. The highest BCUT2D eigenvalue weighted by atomic mass is 16.6. The van der Waals surface area contributed by atoms with E-state index >= 15 is 0 Å². The highest BCUT2D eigenvalue weighted by Gasteiger charge is 2.42. The predicted molar refractivity (Wildman–Crippen MR) is 129 cm³/mol.